The van der Waals surface area contributed by atoms with Gasteiger partial charge in [-0.05, 0) is 25.1 Å². The fourth-order valence-electron chi connectivity index (χ4n) is 2.32. The van der Waals surface area contributed by atoms with E-state index in [0.717, 1.165) is 0 Å². The van der Waals surface area contributed by atoms with E-state index in [1.165, 1.54) is 25.3 Å². The van der Waals surface area contributed by atoms with Crippen molar-refractivity contribution in [3.63, 3.8) is 0 Å². The molecule has 0 saturated carbocycles. The summed E-state index contributed by atoms with van der Waals surface area (Å²) in [7, 11) is -1.88. The van der Waals surface area contributed by atoms with Crippen molar-refractivity contribution in [1.82, 2.24) is 14.8 Å². The summed E-state index contributed by atoms with van der Waals surface area (Å²) in [5.41, 5.74) is 1.09. The maximum absolute atomic E-state index is 14.3. The van der Waals surface area contributed by atoms with Crippen molar-refractivity contribution in [3.8, 4) is 5.75 Å². The SMILES string of the molecule is Cc1c(OCC(F)(F)F)ccnc1CS(=O)c1nc2ccccc2n1F. The van der Waals surface area contributed by atoms with Gasteiger partial charge in [-0.1, -0.05) is 16.6 Å². The molecule has 138 valence electrons. The van der Waals surface area contributed by atoms with E-state index in [4.69, 9.17) is 4.74 Å². The Balaban J connectivity index is 1.84. The maximum atomic E-state index is 14.3. The molecule has 3 rings (SSSR count). The van der Waals surface area contributed by atoms with Crippen LogP contribution in [-0.2, 0) is 16.6 Å². The number of aromatic nitrogens is 3. The van der Waals surface area contributed by atoms with Crippen LogP contribution in [0.3, 0.4) is 0 Å². The summed E-state index contributed by atoms with van der Waals surface area (Å²) in [6.07, 6.45) is -3.22. The third-order valence-corrected chi connectivity index (χ3v) is 4.79. The highest BCUT2D eigenvalue weighted by Crippen LogP contribution is 2.25. The molecule has 0 spiro atoms. The van der Waals surface area contributed by atoms with Gasteiger partial charge in [-0.25, -0.2) is 4.98 Å². The Hall–Kier alpha value is -2.49. The number of hydrogen-bond acceptors (Lipinski definition) is 4. The first-order valence-corrected chi connectivity index (χ1v) is 8.74. The predicted molar refractivity (Wildman–Crippen MR) is 86.9 cm³/mol. The van der Waals surface area contributed by atoms with Gasteiger partial charge in [0.2, 0.25) is 5.16 Å². The number of pyridine rings is 1. The predicted octanol–water partition coefficient (Wildman–Crippen LogP) is 3.72. The highest BCUT2D eigenvalue weighted by atomic mass is 32.2. The second-order valence-corrected chi connectivity index (χ2v) is 6.78. The summed E-state index contributed by atoms with van der Waals surface area (Å²) in [5, 5.41) is -0.283. The van der Waals surface area contributed by atoms with Crippen molar-refractivity contribution in [2.45, 2.75) is 24.0 Å². The summed E-state index contributed by atoms with van der Waals surface area (Å²) in [5.74, 6) is -0.222. The van der Waals surface area contributed by atoms with E-state index >= 15 is 0 Å². The summed E-state index contributed by atoms with van der Waals surface area (Å²) in [6.45, 7) is 0.0598. The molecule has 0 radical (unpaired) electrons. The molecule has 1 unspecified atom stereocenters. The molecule has 1 aromatic carbocycles. The summed E-state index contributed by atoms with van der Waals surface area (Å²) in [4.78, 5) is 8.27. The van der Waals surface area contributed by atoms with Crippen molar-refractivity contribution in [3.05, 3.63) is 47.8 Å². The smallest absolute Gasteiger partial charge is 0.422 e. The Morgan fingerprint density at radius 2 is 1.96 bits per heavy atom. The minimum Gasteiger partial charge on any atom is -0.484 e. The highest BCUT2D eigenvalue weighted by Gasteiger charge is 2.29. The van der Waals surface area contributed by atoms with E-state index in [2.05, 4.69) is 9.97 Å². The number of benzene rings is 1. The largest absolute Gasteiger partial charge is 0.484 e. The van der Waals surface area contributed by atoms with Crippen LogP contribution in [0.15, 0.2) is 41.7 Å². The van der Waals surface area contributed by atoms with Crippen molar-refractivity contribution in [2.24, 2.45) is 0 Å². The normalized spacial score (nSPS) is 13.1. The van der Waals surface area contributed by atoms with Crippen LogP contribution in [0.1, 0.15) is 11.3 Å². The Labute approximate surface area is 148 Å². The highest BCUT2D eigenvalue weighted by molar-refractivity contribution is 7.84. The first-order chi connectivity index (χ1) is 12.3. The number of nitrogens with zero attached hydrogens (tertiary/aromatic N) is 3. The van der Waals surface area contributed by atoms with Crippen LogP contribution in [0.5, 0.6) is 5.75 Å². The van der Waals surface area contributed by atoms with Crippen LogP contribution in [0.4, 0.5) is 17.7 Å². The van der Waals surface area contributed by atoms with Crippen molar-refractivity contribution < 1.29 is 26.6 Å². The van der Waals surface area contributed by atoms with Gasteiger partial charge in [0.15, 0.2) is 6.61 Å². The Kier molecular flexibility index (Phi) is 4.94. The number of hydrogen-bond donors (Lipinski definition) is 0. The van der Waals surface area contributed by atoms with Crippen LogP contribution >= 0.6 is 0 Å². The van der Waals surface area contributed by atoms with Crippen molar-refractivity contribution >= 4 is 21.8 Å². The Morgan fingerprint density at radius 1 is 1.23 bits per heavy atom. The average Bonchev–Trinajstić information content (AvgIpc) is 2.92. The maximum Gasteiger partial charge on any atom is 0.422 e. The van der Waals surface area contributed by atoms with Gasteiger partial charge in [-0.2, -0.15) is 13.2 Å². The average molecular weight is 387 g/mol. The van der Waals surface area contributed by atoms with Crippen molar-refractivity contribution in [2.75, 3.05) is 6.61 Å². The number of para-hydroxylation sites is 2. The van der Waals surface area contributed by atoms with Gasteiger partial charge in [0, 0.05) is 11.8 Å². The Morgan fingerprint density at radius 3 is 2.65 bits per heavy atom. The number of halogens is 4. The molecule has 10 heteroatoms. The lowest BCUT2D eigenvalue weighted by atomic mass is 10.2. The molecule has 26 heavy (non-hydrogen) atoms. The van der Waals surface area contributed by atoms with Gasteiger partial charge < -0.3 is 4.74 Å². The third kappa shape index (κ3) is 3.85. The fourth-order valence-corrected chi connectivity index (χ4v) is 3.47. The molecule has 1 atom stereocenters. The molecule has 0 saturated heterocycles. The molecular weight excluding hydrogens is 374 g/mol. The molecule has 0 N–H and O–H groups in total. The quantitative estimate of drug-likeness (QED) is 0.626. The fraction of sp³-hybridized carbons (Fsp3) is 0.250. The monoisotopic (exact) mass is 387 g/mol. The molecule has 0 aliphatic carbocycles. The molecule has 5 nitrogen and oxygen atoms in total. The molecule has 0 bridgehead atoms. The van der Waals surface area contributed by atoms with Crippen LogP contribution in [0, 0.1) is 6.92 Å². The Bertz CT molecular complexity index is 972. The minimum atomic E-state index is -4.47. The number of rotatable bonds is 5. The molecule has 0 fully saturated rings. The lowest BCUT2D eigenvalue weighted by molar-refractivity contribution is -0.153. The third-order valence-electron chi connectivity index (χ3n) is 3.60. The van der Waals surface area contributed by atoms with E-state index in [-0.39, 0.29) is 32.7 Å². The van der Waals surface area contributed by atoms with Crippen LogP contribution in [-0.4, -0.2) is 31.7 Å². The van der Waals surface area contributed by atoms with Gasteiger partial charge in [0.1, 0.15) is 11.3 Å². The van der Waals surface area contributed by atoms with Crippen LogP contribution < -0.4 is 4.74 Å². The number of alkyl halides is 3. The summed E-state index contributed by atoms with van der Waals surface area (Å²) < 4.78 is 68.5. The zero-order chi connectivity index (χ0) is 18.9. The first-order valence-electron chi connectivity index (χ1n) is 7.42. The molecule has 0 amide bonds. The zero-order valence-electron chi connectivity index (χ0n) is 13.5. The lowest BCUT2D eigenvalue weighted by Gasteiger charge is -2.13. The van der Waals surface area contributed by atoms with Crippen LogP contribution in [0.25, 0.3) is 11.0 Å². The molecular formula is C16H13F4N3O2S. The second kappa shape index (κ2) is 7.02. The van der Waals surface area contributed by atoms with E-state index < -0.39 is 23.6 Å². The molecule has 3 aromatic rings. The van der Waals surface area contributed by atoms with E-state index in [1.807, 2.05) is 0 Å². The number of fused-ring (bicyclic) bond motifs is 1. The summed E-state index contributed by atoms with van der Waals surface area (Å²) >= 11 is 0. The van der Waals surface area contributed by atoms with Gasteiger partial charge in [0.05, 0.1) is 27.8 Å². The van der Waals surface area contributed by atoms with Gasteiger partial charge in [0.25, 0.3) is 0 Å². The molecule has 0 aliphatic heterocycles. The topological polar surface area (TPSA) is 57.0 Å². The molecule has 2 heterocycles. The van der Waals surface area contributed by atoms with Gasteiger partial charge in [-0.15, -0.1) is 4.79 Å². The van der Waals surface area contributed by atoms with Gasteiger partial charge >= 0.3 is 6.18 Å². The standard InChI is InChI=1S/C16H13F4N3O2S/c1-10-12(21-7-6-14(10)25-9-16(17,18)19)8-26(24)15-22-11-4-2-3-5-13(11)23(15)20/h2-7H,8-9H2,1H3. The first kappa shape index (κ1) is 18.3. The molecule has 2 aromatic heterocycles. The lowest BCUT2D eigenvalue weighted by Crippen LogP contribution is -2.20. The number of ether oxygens (including phenoxy) is 1. The number of imidazole rings is 1. The van der Waals surface area contributed by atoms with E-state index in [9.17, 15) is 21.9 Å². The minimum absolute atomic E-state index is 0.0157. The second-order valence-electron chi connectivity index (χ2n) is 5.44. The van der Waals surface area contributed by atoms with Gasteiger partial charge in [-0.3, -0.25) is 9.19 Å². The van der Waals surface area contributed by atoms with E-state index in [1.54, 1.807) is 18.2 Å². The molecule has 0 aliphatic rings. The summed E-state index contributed by atoms with van der Waals surface area (Å²) in [6, 6.07) is 7.67. The van der Waals surface area contributed by atoms with E-state index in [0.29, 0.717) is 11.1 Å². The zero-order valence-corrected chi connectivity index (χ0v) is 14.3. The van der Waals surface area contributed by atoms with Crippen molar-refractivity contribution in [1.29, 1.82) is 0 Å². The van der Waals surface area contributed by atoms with Crippen LogP contribution in [0.2, 0.25) is 0 Å².